The molecule has 7 nitrogen and oxygen atoms in total. The first-order chi connectivity index (χ1) is 17.9. The summed E-state index contributed by atoms with van der Waals surface area (Å²) >= 11 is 6.46. The summed E-state index contributed by atoms with van der Waals surface area (Å²) in [5.74, 6) is 0.0946. The van der Waals surface area contributed by atoms with Gasteiger partial charge in [-0.25, -0.2) is 4.98 Å². The van der Waals surface area contributed by atoms with Gasteiger partial charge in [0, 0.05) is 41.8 Å². The largest absolute Gasteiger partial charge is 0.370 e. The minimum Gasteiger partial charge on any atom is -0.370 e. The highest BCUT2D eigenvalue weighted by atomic mass is 35.5. The Kier molecular flexibility index (Phi) is 7.26. The number of amides is 2. The van der Waals surface area contributed by atoms with E-state index in [0.717, 1.165) is 52.8 Å². The summed E-state index contributed by atoms with van der Waals surface area (Å²) in [5.41, 5.74) is 7.98. The molecule has 2 N–H and O–H groups in total. The number of aryl methyl sites for hydroxylation is 2. The number of ether oxygens (including phenoxy) is 1. The number of unbranched alkanes of at least 4 members (excludes halogenated alkanes) is 1. The van der Waals surface area contributed by atoms with Crippen molar-refractivity contribution >= 4 is 39.9 Å². The molecule has 0 bridgehead atoms. The third-order valence-electron chi connectivity index (χ3n) is 6.85. The number of benzene rings is 3. The number of primary amides is 1. The Hall–Kier alpha value is -3.68. The molecule has 0 aliphatic carbocycles. The maximum Gasteiger partial charge on any atom is 0.256 e. The quantitative estimate of drug-likeness (QED) is 0.327. The van der Waals surface area contributed by atoms with Crippen LogP contribution in [0.5, 0.6) is 0 Å². The van der Waals surface area contributed by atoms with E-state index in [0.29, 0.717) is 11.6 Å². The van der Waals surface area contributed by atoms with Crippen LogP contribution in [0.1, 0.15) is 42.3 Å². The molecule has 4 aromatic rings. The molecule has 0 radical (unpaired) electrons. The predicted molar refractivity (Wildman–Crippen MR) is 144 cm³/mol. The zero-order chi connectivity index (χ0) is 25.9. The van der Waals surface area contributed by atoms with Gasteiger partial charge in [-0.1, -0.05) is 54.1 Å². The molecule has 8 heteroatoms. The number of carbonyl (C=O) groups is 2. The molecule has 2 heterocycles. The molecule has 5 rings (SSSR count). The summed E-state index contributed by atoms with van der Waals surface area (Å²) in [7, 11) is 0. The van der Waals surface area contributed by atoms with E-state index in [1.54, 1.807) is 17.2 Å². The van der Waals surface area contributed by atoms with Crippen molar-refractivity contribution in [2.24, 2.45) is 5.73 Å². The summed E-state index contributed by atoms with van der Waals surface area (Å²) in [5, 5.41) is 2.61. The Balaban J connectivity index is 1.53. The first-order valence-corrected chi connectivity index (χ1v) is 12.8. The van der Waals surface area contributed by atoms with E-state index in [1.165, 1.54) is 0 Å². The molecular weight excluding hydrogens is 488 g/mol. The number of nitrogens with zero attached hydrogens (tertiary/aromatic N) is 3. The summed E-state index contributed by atoms with van der Waals surface area (Å²) in [4.78, 5) is 31.8. The van der Waals surface area contributed by atoms with E-state index in [-0.39, 0.29) is 12.3 Å². The molecule has 2 atom stereocenters. The molecule has 0 saturated heterocycles. The average Bonchev–Trinajstić information content (AvgIpc) is 3.26. The van der Waals surface area contributed by atoms with Crippen molar-refractivity contribution in [3.05, 3.63) is 95.0 Å². The SMILES string of the molecule is Cc1nccn1CCCCN1C(=O)C(CC(N)=O)OC(c2cccc3ccccc23)c2cc(Cl)ccc21. The van der Waals surface area contributed by atoms with Crippen molar-refractivity contribution in [3.8, 4) is 0 Å². The number of halogens is 1. The normalized spacial score (nSPS) is 17.6. The van der Waals surface area contributed by atoms with E-state index in [9.17, 15) is 9.59 Å². The fraction of sp³-hybridized carbons (Fsp3) is 0.276. The van der Waals surface area contributed by atoms with Gasteiger partial charge in [-0.05, 0) is 54.3 Å². The van der Waals surface area contributed by atoms with E-state index in [1.807, 2.05) is 67.7 Å². The Bertz CT molecular complexity index is 1440. The molecular formula is C29H29ClN4O3. The number of fused-ring (bicyclic) bond motifs is 2. The Morgan fingerprint density at radius 1 is 1.05 bits per heavy atom. The second-order valence-electron chi connectivity index (χ2n) is 9.31. The predicted octanol–water partition coefficient (Wildman–Crippen LogP) is 5.18. The third-order valence-corrected chi connectivity index (χ3v) is 7.09. The van der Waals surface area contributed by atoms with Gasteiger partial charge in [0.25, 0.3) is 5.91 Å². The summed E-state index contributed by atoms with van der Waals surface area (Å²) < 4.78 is 8.55. The lowest BCUT2D eigenvalue weighted by molar-refractivity contribution is -0.137. The molecule has 2 amide bonds. The van der Waals surface area contributed by atoms with Crippen LogP contribution in [0.3, 0.4) is 0 Å². The van der Waals surface area contributed by atoms with Gasteiger partial charge in [0.15, 0.2) is 0 Å². The van der Waals surface area contributed by atoms with Crippen molar-refractivity contribution in [1.82, 2.24) is 9.55 Å². The summed E-state index contributed by atoms with van der Waals surface area (Å²) in [6.45, 7) is 3.25. The van der Waals surface area contributed by atoms with Crippen LogP contribution >= 0.6 is 11.6 Å². The lowest BCUT2D eigenvalue weighted by Gasteiger charge is -2.25. The van der Waals surface area contributed by atoms with Crippen molar-refractivity contribution in [3.63, 3.8) is 0 Å². The zero-order valence-corrected chi connectivity index (χ0v) is 21.4. The highest BCUT2D eigenvalue weighted by molar-refractivity contribution is 6.30. The molecule has 1 aromatic heterocycles. The van der Waals surface area contributed by atoms with E-state index in [2.05, 4.69) is 9.55 Å². The molecule has 2 unspecified atom stereocenters. The molecule has 1 aliphatic heterocycles. The Morgan fingerprint density at radius 3 is 2.62 bits per heavy atom. The van der Waals surface area contributed by atoms with E-state index >= 15 is 0 Å². The Morgan fingerprint density at radius 2 is 1.84 bits per heavy atom. The van der Waals surface area contributed by atoms with E-state index in [4.69, 9.17) is 22.1 Å². The minimum atomic E-state index is -1.01. The van der Waals surface area contributed by atoms with Crippen LogP contribution in [0.25, 0.3) is 10.8 Å². The summed E-state index contributed by atoms with van der Waals surface area (Å²) in [6.07, 6.45) is 3.54. The fourth-order valence-electron chi connectivity index (χ4n) is 5.03. The van der Waals surface area contributed by atoms with Gasteiger partial charge < -0.3 is 19.9 Å². The number of nitrogens with two attached hydrogens (primary N) is 1. The summed E-state index contributed by atoms with van der Waals surface area (Å²) in [6, 6.07) is 19.5. The maximum atomic E-state index is 13.8. The standard InChI is InChI=1S/C29H29ClN4O3/c1-19-32-13-16-33(19)14-4-5-15-34-25-12-11-21(30)17-24(25)28(37-26(29(34)36)18-27(31)35)23-10-6-8-20-7-2-3-9-22(20)23/h2-3,6-13,16-17,26,28H,4-5,14-15,18H2,1H3,(H2,31,35). The number of carbonyl (C=O) groups excluding carboxylic acids is 2. The number of aromatic nitrogens is 2. The molecule has 3 aromatic carbocycles. The number of hydrogen-bond acceptors (Lipinski definition) is 4. The van der Waals surface area contributed by atoms with Crippen molar-refractivity contribution in [1.29, 1.82) is 0 Å². The fourth-order valence-corrected chi connectivity index (χ4v) is 5.21. The van der Waals surface area contributed by atoms with Gasteiger partial charge in [0.1, 0.15) is 18.0 Å². The first kappa shape index (κ1) is 25.0. The van der Waals surface area contributed by atoms with Gasteiger partial charge in [-0.2, -0.15) is 0 Å². The smallest absolute Gasteiger partial charge is 0.256 e. The number of rotatable bonds is 8. The third kappa shape index (κ3) is 5.24. The molecule has 37 heavy (non-hydrogen) atoms. The van der Waals surface area contributed by atoms with Gasteiger partial charge in [-0.15, -0.1) is 0 Å². The number of imidazole rings is 1. The lowest BCUT2D eigenvalue weighted by Crippen LogP contribution is -2.41. The second-order valence-corrected chi connectivity index (χ2v) is 9.75. The van der Waals surface area contributed by atoms with Crippen LogP contribution in [0.2, 0.25) is 5.02 Å². The van der Waals surface area contributed by atoms with Gasteiger partial charge >= 0.3 is 0 Å². The van der Waals surface area contributed by atoms with Gasteiger partial charge in [0.2, 0.25) is 5.91 Å². The number of hydrogen-bond donors (Lipinski definition) is 1. The maximum absolute atomic E-state index is 13.8. The van der Waals surface area contributed by atoms with Gasteiger partial charge in [-0.3, -0.25) is 9.59 Å². The van der Waals surface area contributed by atoms with Crippen LogP contribution < -0.4 is 10.6 Å². The van der Waals surface area contributed by atoms with Crippen LogP contribution in [0.15, 0.2) is 73.1 Å². The number of anilines is 1. The van der Waals surface area contributed by atoms with Crippen molar-refractivity contribution < 1.29 is 14.3 Å². The lowest BCUT2D eigenvalue weighted by atomic mass is 9.94. The van der Waals surface area contributed by atoms with Gasteiger partial charge in [0.05, 0.1) is 6.42 Å². The molecule has 0 saturated carbocycles. The molecule has 0 fully saturated rings. The highest BCUT2D eigenvalue weighted by Crippen LogP contribution is 2.42. The van der Waals surface area contributed by atoms with Crippen LogP contribution in [-0.2, 0) is 20.9 Å². The second kappa shape index (κ2) is 10.7. The first-order valence-electron chi connectivity index (χ1n) is 12.4. The molecule has 0 spiro atoms. The molecule has 1 aliphatic rings. The monoisotopic (exact) mass is 516 g/mol. The minimum absolute atomic E-state index is 0.202. The Labute approximate surface area is 220 Å². The topological polar surface area (TPSA) is 90.5 Å². The van der Waals surface area contributed by atoms with Crippen LogP contribution in [-0.4, -0.2) is 34.0 Å². The van der Waals surface area contributed by atoms with E-state index < -0.39 is 18.1 Å². The van der Waals surface area contributed by atoms with Crippen LogP contribution in [0, 0.1) is 6.92 Å². The van der Waals surface area contributed by atoms with Crippen LogP contribution in [0.4, 0.5) is 5.69 Å². The van der Waals surface area contributed by atoms with Crippen molar-refractivity contribution in [2.45, 2.75) is 44.9 Å². The van der Waals surface area contributed by atoms with Crippen molar-refractivity contribution in [2.75, 3.05) is 11.4 Å². The average molecular weight is 517 g/mol. The highest BCUT2D eigenvalue weighted by Gasteiger charge is 2.37. The zero-order valence-electron chi connectivity index (χ0n) is 20.6. The molecule has 190 valence electrons.